The molecular weight excluding hydrogens is 340 g/mol. The molecule has 0 radical (unpaired) electrons. The highest BCUT2D eigenvalue weighted by Crippen LogP contribution is 2.41. The van der Waals surface area contributed by atoms with Gasteiger partial charge in [-0.1, -0.05) is 29.4 Å². The molecular formula is C21H18N4O2. The molecule has 2 aromatic heterocycles. The molecule has 0 amide bonds. The zero-order valence-electron chi connectivity index (χ0n) is 14.8. The zero-order valence-corrected chi connectivity index (χ0v) is 14.8. The number of aromatic nitrogens is 3. The fraction of sp³-hybridized carbons (Fsp3) is 0.190. The van der Waals surface area contributed by atoms with Crippen molar-refractivity contribution in [2.24, 2.45) is 0 Å². The fourth-order valence-corrected chi connectivity index (χ4v) is 3.46. The summed E-state index contributed by atoms with van der Waals surface area (Å²) in [6.07, 6.45) is 5.45. The van der Waals surface area contributed by atoms with Crippen molar-refractivity contribution in [1.82, 2.24) is 14.7 Å². The Morgan fingerprint density at radius 3 is 2.78 bits per heavy atom. The first-order valence-electron chi connectivity index (χ1n) is 9.00. The predicted octanol–water partition coefficient (Wildman–Crippen LogP) is 4.30. The molecule has 1 N–H and O–H groups in total. The van der Waals surface area contributed by atoms with Gasteiger partial charge >= 0.3 is 5.69 Å². The lowest BCUT2D eigenvalue weighted by Gasteiger charge is -2.15. The summed E-state index contributed by atoms with van der Waals surface area (Å²) in [5.41, 5.74) is 4.34. The second-order valence-electron chi connectivity index (χ2n) is 6.95. The highest BCUT2D eigenvalue weighted by molar-refractivity contribution is 5.92. The third-order valence-electron chi connectivity index (χ3n) is 5.02. The molecule has 6 heteroatoms. The second-order valence-corrected chi connectivity index (χ2v) is 6.95. The Labute approximate surface area is 155 Å². The van der Waals surface area contributed by atoms with Gasteiger partial charge in [0.2, 0.25) is 0 Å². The smallest absolute Gasteiger partial charge is 0.354 e. The van der Waals surface area contributed by atoms with Gasteiger partial charge in [0.25, 0.3) is 0 Å². The van der Waals surface area contributed by atoms with Crippen molar-refractivity contribution in [2.45, 2.75) is 25.7 Å². The number of benzene rings is 2. The van der Waals surface area contributed by atoms with Crippen molar-refractivity contribution < 1.29 is 4.52 Å². The molecule has 0 atom stereocenters. The number of nitrogens with one attached hydrogen (secondary N) is 1. The monoisotopic (exact) mass is 358 g/mol. The van der Waals surface area contributed by atoms with Crippen molar-refractivity contribution in [1.29, 1.82) is 0 Å². The molecule has 1 saturated carbocycles. The predicted molar refractivity (Wildman–Crippen MR) is 104 cm³/mol. The molecule has 1 aliphatic rings. The average molecular weight is 358 g/mol. The van der Waals surface area contributed by atoms with Gasteiger partial charge in [-0.2, -0.15) is 4.98 Å². The summed E-state index contributed by atoms with van der Waals surface area (Å²) >= 11 is 0. The molecule has 0 aliphatic heterocycles. The van der Waals surface area contributed by atoms with Crippen molar-refractivity contribution >= 4 is 22.4 Å². The van der Waals surface area contributed by atoms with E-state index < -0.39 is 0 Å². The molecule has 1 aliphatic carbocycles. The van der Waals surface area contributed by atoms with Crippen LogP contribution in [0, 0.1) is 6.92 Å². The Bertz CT molecular complexity index is 1190. The van der Waals surface area contributed by atoms with E-state index >= 15 is 0 Å². The number of fused-ring (bicyclic) bond motifs is 1. The lowest BCUT2D eigenvalue weighted by molar-refractivity contribution is 0.420. The minimum absolute atomic E-state index is 0.316. The molecule has 2 heterocycles. The maximum atomic E-state index is 13.0. The largest absolute Gasteiger partial charge is 0.363 e. The van der Waals surface area contributed by atoms with Crippen molar-refractivity contribution in [2.75, 3.05) is 5.32 Å². The molecule has 0 spiro atoms. The third kappa shape index (κ3) is 2.79. The summed E-state index contributed by atoms with van der Waals surface area (Å²) in [4.78, 5) is 17.3. The van der Waals surface area contributed by atoms with E-state index in [1.54, 1.807) is 10.8 Å². The maximum absolute atomic E-state index is 13.0. The molecule has 5 rings (SSSR count). The lowest BCUT2D eigenvalue weighted by atomic mass is 10.1. The van der Waals surface area contributed by atoms with E-state index in [1.807, 2.05) is 37.3 Å². The van der Waals surface area contributed by atoms with Crippen LogP contribution in [-0.2, 0) is 0 Å². The third-order valence-corrected chi connectivity index (χ3v) is 5.02. The molecule has 1 fully saturated rings. The van der Waals surface area contributed by atoms with Crippen LogP contribution in [-0.4, -0.2) is 14.7 Å². The van der Waals surface area contributed by atoms with Crippen molar-refractivity contribution in [3.8, 4) is 5.69 Å². The minimum atomic E-state index is -0.316. The van der Waals surface area contributed by atoms with Gasteiger partial charge < -0.3 is 9.84 Å². The van der Waals surface area contributed by atoms with Crippen LogP contribution in [0.1, 0.15) is 29.9 Å². The van der Waals surface area contributed by atoms with Crippen LogP contribution < -0.4 is 11.0 Å². The first-order valence-corrected chi connectivity index (χ1v) is 9.00. The van der Waals surface area contributed by atoms with E-state index in [2.05, 4.69) is 27.6 Å². The highest BCUT2D eigenvalue weighted by atomic mass is 16.5. The molecule has 6 nitrogen and oxygen atoms in total. The number of hydrogen-bond donors (Lipinski definition) is 1. The van der Waals surface area contributed by atoms with Gasteiger partial charge in [-0.15, -0.1) is 0 Å². The van der Waals surface area contributed by atoms with Gasteiger partial charge in [0, 0.05) is 5.39 Å². The number of aryl methyl sites for hydroxylation is 1. The van der Waals surface area contributed by atoms with Gasteiger partial charge in [-0.05, 0) is 55.0 Å². The first kappa shape index (κ1) is 15.8. The number of para-hydroxylation sites is 1. The van der Waals surface area contributed by atoms with E-state index in [0.29, 0.717) is 17.4 Å². The van der Waals surface area contributed by atoms with Gasteiger partial charge in [-0.25, -0.2) is 4.79 Å². The maximum Gasteiger partial charge on any atom is 0.354 e. The second kappa shape index (κ2) is 6.09. The van der Waals surface area contributed by atoms with Crippen molar-refractivity contribution in [3.05, 3.63) is 76.5 Å². The van der Waals surface area contributed by atoms with Crippen LogP contribution in [0.2, 0.25) is 0 Å². The molecule has 2 aromatic carbocycles. The molecule has 27 heavy (non-hydrogen) atoms. The van der Waals surface area contributed by atoms with Crippen LogP contribution in [0.15, 0.2) is 64.2 Å². The van der Waals surface area contributed by atoms with Gasteiger partial charge in [0.15, 0.2) is 0 Å². The standard InChI is InChI=1S/C21H18N4O2/c1-13-4-2-3-5-18(13)25-19-10-15(14-6-7-14)8-9-17(19)20(24-21(25)26)23-16-11-22-27-12-16/h2-5,8-12,14H,6-7H2,1H3,(H,23,24,26). The summed E-state index contributed by atoms with van der Waals surface area (Å²) in [5.74, 6) is 1.10. The summed E-state index contributed by atoms with van der Waals surface area (Å²) in [6.45, 7) is 2.00. The number of hydrogen-bond acceptors (Lipinski definition) is 5. The zero-order chi connectivity index (χ0) is 18.4. The van der Waals surface area contributed by atoms with E-state index in [-0.39, 0.29) is 5.69 Å². The topological polar surface area (TPSA) is 73.0 Å². The first-order chi connectivity index (χ1) is 13.2. The summed E-state index contributed by atoms with van der Waals surface area (Å²) < 4.78 is 6.58. The Hall–Kier alpha value is -3.41. The molecule has 0 saturated heterocycles. The van der Waals surface area contributed by atoms with E-state index in [1.165, 1.54) is 24.7 Å². The Balaban J connectivity index is 1.79. The molecule has 0 unspecified atom stereocenters. The Kier molecular flexibility index (Phi) is 3.57. The fourth-order valence-electron chi connectivity index (χ4n) is 3.46. The normalized spacial score (nSPS) is 13.8. The van der Waals surface area contributed by atoms with E-state index in [4.69, 9.17) is 4.52 Å². The summed E-state index contributed by atoms with van der Waals surface area (Å²) in [7, 11) is 0. The van der Waals surface area contributed by atoms with Gasteiger partial charge in [0.05, 0.1) is 17.4 Å². The number of rotatable bonds is 4. The quantitative estimate of drug-likeness (QED) is 0.589. The summed E-state index contributed by atoms with van der Waals surface area (Å²) in [6, 6.07) is 14.2. The van der Waals surface area contributed by atoms with E-state index in [9.17, 15) is 4.79 Å². The number of anilines is 2. The van der Waals surface area contributed by atoms with E-state index in [0.717, 1.165) is 22.2 Å². The molecule has 4 aromatic rings. The van der Waals surface area contributed by atoms with Crippen LogP contribution in [0.3, 0.4) is 0 Å². The lowest BCUT2D eigenvalue weighted by Crippen LogP contribution is -2.23. The van der Waals surface area contributed by atoms with Crippen LogP contribution in [0.5, 0.6) is 0 Å². The average Bonchev–Trinajstić information content (AvgIpc) is 3.40. The minimum Gasteiger partial charge on any atom is -0.363 e. The van der Waals surface area contributed by atoms with Crippen LogP contribution >= 0.6 is 0 Å². The Morgan fingerprint density at radius 1 is 1.19 bits per heavy atom. The van der Waals surface area contributed by atoms with Crippen LogP contribution in [0.4, 0.5) is 11.5 Å². The molecule has 0 bridgehead atoms. The van der Waals surface area contributed by atoms with Crippen molar-refractivity contribution in [3.63, 3.8) is 0 Å². The summed E-state index contributed by atoms with van der Waals surface area (Å²) in [5, 5.41) is 7.72. The molecule has 134 valence electrons. The highest BCUT2D eigenvalue weighted by Gasteiger charge is 2.24. The SMILES string of the molecule is Cc1ccccc1-n1c(=O)nc(Nc2cnoc2)c2ccc(C3CC3)cc21. The Morgan fingerprint density at radius 2 is 2.04 bits per heavy atom. The van der Waals surface area contributed by atoms with Gasteiger partial charge in [0.1, 0.15) is 17.8 Å². The number of nitrogens with zero attached hydrogens (tertiary/aromatic N) is 3. The van der Waals surface area contributed by atoms with Gasteiger partial charge in [-0.3, -0.25) is 4.57 Å². The van der Waals surface area contributed by atoms with Crippen LogP contribution in [0.25, 0.3) is 16.6 Å².